The van der Waals surface area contributed by atoms with Crippen molar-refractivity contribution < 1.29 is 0 Å². The molecule has 3 unspecified atom stereocenters. The van der Waals surface area contributed by atoms with E-state index in [0.717, 1.165) is 17.9 Å². The smallest absolute Gasteiger partial charge is 0.0351 e. The fourth-order valence-electron chi connectivity index (χ4n) is 3.57. The summed E-state index contributed by atoms with van der Waals surface area (Å²) in [5.74, 6) is 1.73. The van der Waals surface area contributed by atoms with Gasteiger partial charge in [0.1, 0.15) is 0 Å². The maximum atomic E-state index is 4.02. The van der Waals surface area contributed by atoms with Crippen LogP contribution in [-0.4, -0.2) is 6.04 Å². The summed E-state index contributed by atoms with van der Waals surface area (Å²) in [5.41, 5.74) is 1.50. The summed E-state index contributed by atoms with van der Waals surface area (Å²) in [5, 5.41) is 4.02. The Bertz CT molecular complexity index is 382. The molecule has 1 heteroatoms. The molecule has 0 bridgehead atoms. The molecule has 0 heterocycles. The Morgan fingerprint density at radius 3 is 2.42 bits per heavy atom. The van der Waals surface area contributed by atoms with Crippen molar-refractivity contribution in [2.24, 2.45) is 11.8 Å². The minimum absolute atomic E-state index is 0.603. The van der Waals surface area contributed by atoms with Crippen LogP contribution in [0.25, 0.3) is 0 Å². The molecular formula is C18H27N. The lowest BCUT2D eigenvalue weighted by molar-refractivity contribution is 0.307. The van der Waals surface area contributed by atoms with Crippen molar-refractivity contribution in [1.29, 1.82) is 0 Å². The number of rotatable bonds is 4. The number of benzene rings is 1. The maximum absolute atomic E-state index is 4.02. The van der Waals surface area contributed by atoms with Crippen molar-refractivity contribution in [3.05, 3.63) is 35.9 Å². The molecule has 104 valence electrons. The van der Waals surface area contributed by atoms with Gasteiger partial charge in [0, 0.05) is 12.1 Å². The summed E-state index contributed by atoms with van der Waals surface area (Å²) in [6.45, 7) is 2.44. The SMILES string of the molecule is CC1CCCCCC1NC(c1ccccc1)C1CC1. The van der Waals surface area contributed by atoms with Crippen LogP contribution in [0.1, 0.15) is 63.5 Å². The van der Waals surface area contributed by atoms with Crippen LogP contribution in [0, 0.1) is 11.8 Å². The molecule has 0 saturated heterocycles. The Labute approximate surface area is 117 Å². The standard InChI is InChI=1S/C18H27N/c1-14-8-4-2-7-11-17(14)19-18(16-12-13-16)15-9-5-3-6-10-15/h3,5-6,9-10,14,16-19H,2,4,7-8,11-13H2,1H3. The number of nitrogens with one attached hydrogen (secondary N) is 1. The van der Waals surface area contributed by atoms with Gasteiger partial charge in [0.15, 0.2) is 0 Å². The first kappa shape index (κ1) is 13.2. The third-order valence-electron chi connectivity index (χ3n) is 5.01. The minimum Gasteiger partial charge on any atom is -0.307 e. The maximum Gasteiger partial charge on any atom is 0.0351 e. The van der Waals surface area contributed by atoms with Crippen molar-refractivity contribution in [3.63, 3.8) is 0 Å². The first-order valence-corrected chi connectivity index (χ1v) is 8.15. The molecule has 1 aromatic rings. The zero-order valence-electron chi connectivity index (χ0n) is 12.1. The highest BCUT2D eigenvalue weighted by molar-refractivity contribution is 5.21. The average Bonchev–Trinajstić information content (AvgIpc) is 3.26. The van der Waals surface area contributed by atoms with Gasteiger partial charge in [-0.2, -0.15) is 0 Å². The lowest BCUT2D eigenvalue weighted by Crippen LogP contribution is -2.38. The van der Waals surface area contributed by atoms with Crippen LogP contribution in [0.3, 0.4) is 0 Å². The van der Waals surface area contributed by atoms with E-state index in [1.807, 2.05) is 0 Å². The molecule has 2 saturated carbocycles. The molecule has 0 amide bonds. The topological polar surface area (TPSA) is 12.0 Å². The van der Waals surface area contributed by atoms with Crippen molar-refractivity contribution >= 4 is 0 Å². The summed E-state index contributed by atoms with van der Waals surface area (Å²) in [6.07, 6.45) is 9.87. The predicted molar refractivity (Wildman–Crippen MR) is 81.1 cm³/mol. The van der Waals surface area contributed by atoms with E-state index < -0.39 is 0 Å². The first-order chi connectivity index (χ1) is 9.34. The molecule has 0 spiro atoms. The van der Waals surface area contributed by atoms with Crippen LogP contribution in [0.2, 0.25) is 0 Å². The van der Waals surface area contributed by atoms with Crippen LogP contribution < -0.4 is 5.32 Å². The van der Waals surface area contributed by atoms with Crippen LogP contribution in [0.5, 0.6) is 0 Å². The van der Waals surface area contributed by atoms with Crippen LogP contribution in [-0.2, 0) is 0 Å². The molecule has 0 aliphatic heterocycles. The molecule has 0 aromatic heterocycles. The van der Waals surface area contributed by atoms with Gasteiger partial charge in [0.25, 0.3) is 0 Å². The lowest BCUT2D eigenvalue weighted by atomic mass is 9.93. The van der Waals surface area contributed by atoms with Gasteiger partial charge >= 0.3 is 0 Å². The number of hydrogen-bond acceptors (Lipinski definition) is 1. The van der Waals surface area contributed by atoms with Gasteiger partial charge in [-0.1, -0.05) is 56.5 Å². The molecule has 2 aliphatic rings. The van der Waals surface area contributed by atoms with Gasteiger partial charge < -0.3 is 5.32 Å². The van der Waals surface area contributed by atoms with Gasteiger partial charge in [-0.3, -0.25) is 0 Å². The fraction of sp³-hybridized carbons (Fsp3) is 0.667. The summed E-state index contributed by atoms with van der Waals surface area (Å²) >= 11 is 0. The highest BCUT2D eigenvalue weighted by atomic mass is 15.0. The van der Waals surface area contributed by atoms with Gasteiger partial charge in [-0.05, 0) is 43.1 Å². The summed E-state index contributed by atoms with van der Waals surface area (Å²) in [4.78, 5) is 0. The van der Waals surface area contributed by atoms with Crippen molar-refractivity contribution in [2.75, 3.05) is 0 Å². The Kier molecular flexibility index (Phi) is 4.22. The highest BCUT2D eigenvalue weighted by Crippen LogP contribution is 2.42. The normalized spacial score (nSPS) is 29.7. The molecule has 0 radical (unpaired) electrons. The molecule has 2 aliphatic carbocycles. The van der Waals surface area contributed by atoms with Gasteiger partial charge in [-0.15, -0.1) is 0 Å². The predicted octanol–water partition coefficient (Wildman–Crippen LogP) is 4.70. The van der Waals surface area contributed by atoms with Crippen LogP contribution >= 0.6 is 0 Å². The second-order valence-corrected chi connectivity index (χ2v) is 6.61. The lowest BCUT2D eigenvalue weighted by Gasteiger charge is -2.29. The van der Waals surface area contributed by atoms with E-state index >= 15 is 0 Å². The third kappa shape index (κ3) is 3.39. The van der Waals surface area contributed by atoms with E-state index in [4.69, 9.17) is 0 Å². The first-order valence-electron chi connectivity index (χ1n) is 8.15. The largest absolute Gasteiger partial charge is 0.307 e. The van der Waals surface area contributed by atoms with Crippen LogP contribution in [0.4, 0.5) is 0 Å². The van der Waals surface area contributed by atoms with E-state index in [9.17, 15) is 0 Å². The molecular weight excluding hydrogens is 230 g/mol. The molecule has 1 nitrogen and oxygen atoms in total. The van der Waals surface area contributed by atoms with Crippen molar-refractivity contribution in [3.8, 4) is 0 Å². The molecule has 1 aromatic carbocycles. The summed E-state index contributed by atoms with van der Waals surface area (Å²) in [6, 6.07) is 12.4. The van der Waals surface area contributed by atoms with Crippen molar-refractivity contribution in [1.82, 2.24) is 5.32 Å². The van der Waals surface area contributed by atoms with E-state index in [2.05, 4.69) is 42.6 Å². The Morgan fingerprint density at radius 2 is 1.68 bits per heavy atom. The number of hydrogen-bond donors (Lipinski definition) is 1. The monoisotopic (exact) mass is 257 g/mol. The van der Waals surface area contributed by atoms with Gasteiger partial charge in [0.2, 0.25) is 0 Å². The Hall–Kier alpha value is -0.820. The van der Waals surface area contributed by atoms with E-state index in [1.54, 1.807) is 0 Å². The summed E-state index contributed by atoms with van der Waals surface area (Å²) in [7, 11) is 0. The van der Waals surface area contributed by atoms with E-state index in [-0.39, 0.29) is 0 Å². The minimum atomic E-state index is 0.603. The molecule has 3 atom stereocenters. The quantitative estimate of drug-likeness (QED) is 0.771. The van der Waals surface area contributed by atoms with E-state index in [1.165, 1.54) is 50.5 Å². The van der Waals surface area contributed by atoms with Crippen molar-refractivity contribution in [2.45, 2.75) is 64.0 Å². The Morgan fingerprint density at radius 1 is 0.947 bits per heavy atom. The molecule has 2 fully saturated rings. The second kappa shape index (κ2) is 6.09. The molecule has 19 heavy (non-hydrogen) atoms. The Balaban J connectivity index is 1.70. The average molecular weight is 257 g/mol. The zero-order chi connectivity index (χ0) is 13.1. The summed E-state index contributed by atoms with van der Waals surface area (Å²) < 4.78 is 0. The van der Waals surface area contributed by atoms with E-state index in [0.29, 0.717) is 6.04 Å². The molecule has 3 rings (SSSR count). The van der Waals surface area contributed by atoms with Crippen LogP contribution in [0.15, 0.2) is 30.3 Å². The zero-order valence-corrected chi connectivity index (χ0v) is 12.1. The van der Waals surface area contributed by atoms with Gasteiger partial charge in [-0.25, -0.2) is 0 Å². The third-order valence-corrected chi connectivity index (χ3v) is 5.01. The molecule has 1 N–H and O–H groups in total. The van der Waals surface area contributed by atoms with Gasteiger partial charge in [0.05, 0.1) is 0 Å². The highest BCUT2D eigenvalue weighted by Gasteiger charge is 2.34. The second-order valence-electron chi connectivity index (χ2n) is 6.61. The fourth-order valence-corrected chi connectivity index (χ4v) is 3.57.